The monoisotopic (exact) mass is 333 g/mol. The van der Waals surface area contributed by atoms with Gasteiger partial charge >= 0.3 is 0 Å². The van der Waals surface area contributed by atoms with Crippen LogP contribution in [0.15, 0.2) is 36.4 Å². The highest BCUT2D eigenvalue weighted by molar-refractivity contribution is 6.54. The van der Waals surface area contributed by atoms with Crippen LogP contribution >= 0.6 is 23.2 Å². The number of hydrogen-bond acceptors (Lipinski definition) is 1. The van der Waals surface area contributed by atoms with Crippen LogP contribution in [0.5, 0.6) is 0 Å². The van der Waals surface area contributed by atoms with Crippen LogP contribution in [-0.2, 0) is 4.79 Å². The molecule has 2 aromatic carbocycles. The zero-order valence-corrected chi connectivity index (χ0v) is 11.9. The van der Waals surface area contributed by atoms with E-state index in [0.29, 0.717) is 5.69 Å². The molecule has 7 heteroatoms. The van der Waals surface area contributed by atoms with Crippen molar-refractivity contribution < 1.29 is 18.0 Å². The minimum atomic E-state index is -1.55. The van der Waals surface area contributed by atoms with Crippen LogP contribution in [0.25, 0.3) is 11.1 Å². The van der Waals surface area contributed by atoms with E-state index in [9.17, 15) is 18.0 Å². The molecule has 2 rings (SSSR count). The zero-order valence-electron chi connectivity index (χ0n) is 10.3. The molecule has 0 saturated carbocycles. The van der Waals surface area contributed by atoms with Gasteiger partial charge in [0.25, 0.3) is 5.91 Å². The Morgan fingerprint density at radius 3 is 2.43 bits per heavy atom. The minimum Gasteiger partial charge on any atom is -0.324 e. The van der Waals surface area contributed by atoms with Gasteiger partial charge in [-0.15, -0.1) is 0 Å². The number of hydrogen-bond donors (Lipinski definition) is 1. The predicted octanol–water partition coefficient (Wildman–Crippen LogP) is 4.51. The van der Waals surface area contributed by atoms with Gasteiger partial charge < -0.3 is 5.32 Å². The standard InChI is InChI=1S/C14H8Cl2F3NO/c15-13(16)14(21)20-8-3-1-2-7(6-8)9-4-5-10(17)12(19)11(9)18/h1-6,13H,(H,20,21). The number of rotatable bonds is 3. The summed E-state index contributed by atoms with van der Waals surface area (Å²) in [4.78, 5) is 10.1. The second kappa shape index (κ2) is 6.37. The Hall–Kier alpha value is -1.72. The van der Waals surface area contributed by atoms with Gasteiger partial charge in [-0.2, -0.15) is 0 Å². The Labute approximate surface area is 128 Å². The lowest BCUT2D eigenvalue weighted by molar-refractivity contribution is -0.114. The molecule has 2 nitrogen and oxygen atoms in total. The quantitative estimate of drug-likeness (QED) is 0.649. The lowest BCUT2D eigenvalue weighted by Gasteiger charge is -2.09. The molecule has 0 aliphatic heterocycles. The van der Waals surface area contributed by atoms with Gasteiger partial charge in [-0.25, -0.2) is 13.2 Å². The lowest BCUT2D eigenvalue weighted by Crippen LogP contribution is -2.18. The second-order valence-corrected chi connectivity index (χ2v) is 5.19. The molecule has 2 aromatic rings. The SMILES string of the molecule is O=C(Nc1cccc(-c2ccc(F)c(F)c2F)c1)C(Cl)Cl. The number of carbonyl (C=O) groups is 1. The molecule has 1 amide bonds. The van der Waals surface area contributed by atoms with Crippen molar-refractivity contribution in [3.05, 3.63) is 53.8 Å². The molecule has 110 valence electrons. The number of carbonyl (C=O) groups excluding carboxylic acids is 1. The fourth-order valence-electron chi connectivity index (χ4n) is 1.71. The van der Waals surface area contributed by atoms with Gasteiger partial charge in [-0.1, -0.05) is 35.3 Å². The maximum Gasteiger partial charge on any atom is 0.257 e. The molecule has 1 N–H and O–H groups in total. The molecule has 0 bridgehead atoms. The molecule has 21 heavy (non-hydrogen) atoms. The highest BCUT2D eigenvalue weighted by Crippen LogP contribution is 2.28. The van der Waals surface area contributed by atoms with E-state index in [4.69, 9.17) is 23.2 Å². The third kappa shape index (κ3) is 3.49. The third-order valence-electron chi connectivity index (χ3n) is 2.67. The molecule has 0 heterocycles. The molecular formula is C14H8Cl2F3NO. The Morgan fingerprint density at radius 1 is 1.05 bits per heavy atom. The predicted molar refractivity (Wildman–Crippen MR) is 75.9 cm³/mol. The summed E-state index contributed by atoms with van der Waals surface area (Å²) in [5.41, 5.74) is 0.441. The van der Waals surface area contributed by atoms with Crippen molar-refractivity contribution in [2.75, 3.05) is 5.32 Å². The van der Waals surface area contributed by atoms with Crippen molar-refractivity contribution in [2.24, 2.45) is 0 Å². The summed E-state index contributed by atoms with van der Waals surface area (Å²) in [6, 6.07) is 7.86. The molecule has 0 radical (unpaired) electrons. The number of halogens is 5. The van der Waals surface area contributed by atoms with E-state index < -0.39 is 28.2 Å². The highest BCUT2D eigenvalue weighted by atomic mass is 35.5. The van der Waals surface area contributed by atoms with E-state index in [1.54, 1.807) is 0 Å². The van der Waals surface area contributed by atoms with Crippen molar-refractivity contribution in [3.8, 4) is 11.1 Å². The molecule has 0 unspecified atom stereocenters. The molecule has 0 aliphatic rings. The van der Waals surface area contributed by atoms with Gasteiger partial charge in [0.05, 0.1) is 0 Å². The van der Waals surface area contributed by atoms with Crippen molar-refractivity contribution in [1.29, 1.82) is 0 Å². The molecule has 0 atom stereocenters. The van der Waals surface area contributed by atoms with Gasteiger partial charge in [0, 0.05) is 11.3 Å². The number of anilines is 1. The van der Waals surface area contributed by atoms with Crippen molar-refractivity contribution in [3.63, 3.8) is 0 Å². The van der Waals surface area contributed by atoms with Crippen molar-refractivity contribution in [2.45, 2.75) is 4.84 Å². The third-order valence-corrected chi connectivity index (χ3v) is 3.07. The van der Waals surface area contributed by atoms with E-state index in [-0.39, 0.29) is 11.1 Å². The van der Waals surface area contributed by atoms with Gasteiger partial charge in [-0.3, -0.25) is 4.79 Å². The number of nitrogens with one attached hydrogen (secondary N) is 1. The number of amides is 1. The first-order valence-electron chi connectivity index (χ1n) is 5.73. The molecular weight excluding hydrogens is 326 g/mol. The summed E-state index contributed by atoms with van der Waals surface area (Å²) >= 11 is 10.8. The Bertz CT molecular complexity index is 692. The van der Waals surface area contributed by atoms with Gasteiger partial charge in [0.2, 0.25) is 0 Å². The van der Waals surface area contributed by atoms with Gasteiger partial charge in [0.15, 0.2) is 22.3 Å². The Balaban J connectivity index is 2.38. The van der Waals surface area contributed by atoms with Crippen LogP contribution in [0.4, 0.5) is 18.9 Å². The average molecular weight is 334 g/mol. The minimum absolute atomic E-state index is 0.127. The first-order valence-corrected chi connectivity index (χ1v) is 6.60. The Kier molecular flexibility index (Phi) is 4.75. The van der Waals surface area contributed by atoms with E-state index >= 15 is 0 Å². The largest absolute Gasteiger partial charge is 0.324 e. The van der Waals surface area contributed by atoms with E-state index in [1.165, 1.54) is 24.3 Å². The van der Waals surface area contributed by atoms with Crippen molar-refractivity contribution in [1.82, 2.24) is 0 Å². The molecule has 0 saturated heterocycles. The first-order chi connectivity index (χ1) is 9.90. The van der Waals surface area contributed by atoms with E-state index in [2.05, 4.69) is 5.32 Å². The summed E-state index contributed by atoms with van der Waals surface area (Å²) < 4.78 is 39.9. The first kappa shape index (κ1) is 15.7. The maximum absolute atomic E-state index is 13.7. The summed E-state index contributed by atoms with van der Waals surface area (Å²) in [5.74, 6) is -4.77. The summed E-state index contributed by atoms with van der Waals surface area (Å²) in [6.07, 6.45) is 0. The maximum atomic E-state index is 13.7. The summed E-state index contributed by atoms with van der Waals surface area (Å²) in [5, 5.41) is 2.40. The van der Waals surface area contributed by atoms with Crippen LogP contribution in [-0.4, -0.2) is 10.7 Å². The molecule has 0 fully saturated rings. The van der Waals surface area contributed by atoms with E-state index in [0.717, 1.165) is 12.1 Å². The van der Waals surface area contributed by atoms with Crippen LogP contribution in [0.3, 0.4) is 0 Å². The highest BCUT2D eigenvalue weighted by Gasteiger charge is 2.16. The Morgan fingerprint density at radius 2 is 1.76 bits per heavy atom. The van der Waals surface area contributed by atoms with Crippen molar-refractivity contribution >= 4 is 34.8 Å². The molecule has 0 aliphatic carbocycles. The second-order valence-electron chi connectivity index (χ2n) is 4.09. The van der Waals surface area contributed by atoms with E-state index in [1.807, 2.05) is 0 Å². The number of alkyl halides is 2. The zero-order chi connectivity index (χ0) is 15.6. The lowest BCUT2D eigenvalue weighted by atomic mass is 10.0. The fraction of sp³-hybridized carbons (Fsp3) is 0.0714. The summed E-state index contributed by atoms with van der Waals surface area (Å²) in [7, 11) is 0. The van der Waals surface area contributed by atoms with Crippen LogP contribution < -0.4 is 5.32 Å². The average Bonchev–Trinajstić information content (AvgIpc) is 2.45. The van der Waals surface area contributed by atoms with Crippen LogP contribution in [0, 0.1) is 17.5 Å². The fourth-order valence-corrected chi connectivity index (χ4v) is 1.82. The topological polar surface area (TPSA) is 29.1 Å². The van der Waals surface area contributed by atoms with Crippen LogP contribution in [0.2, 0.25) is 0 Å². The smallest absolute Gasteiger partial charge is 0.257 e. The van der Waals surface area contributed by atoms with Gasteiger partial charge in [-0.05, 0) is 29.8 Å². The summed E-state index contributed by atoms with van der Waals surface area (Å²) in [6.45, 7) is 0. The van der Waals surface area contributed by atoms with Gasteiger partial charge in [0.1, 0.15) is 0 Å². The molecule has 0 spiro atoms. The number of benzene rings is 2. The van der Waals surface area contributed by atoms with Crippen LogP contribution in [0.1, 0.15) is 0 Å². The normalized spacial score (nSPS) is 10.8. The molecule has 0 aromatic heterocycles.